The molecule has 0 saturated carbocycles. The molecule has 2 heterocycles. The predicted octanol–water partition coefficient (Wildman–Crippen LogP) is 4.81. The van der Waals surface area contributed by atoms with Crippen LogP contribution >= 0.6 is 0 Å². The van der Waals surface area contributed by atoms with Crippen LogP contribution in [0.3, 0.4) is 0 Å². The number of carbonyl (C=O) groups is 1. The van der Waals surface area contributed by atoms with Gasteiger partial charge in [0.25, 0.3) is 0 Å². The van der Waals surface area contributed by atoms with Crippen molar-refractivity contribution < 1.29 is 4.79 Å². The molecule has 2 amide bonds. The van der Waals surface area contributed by atoms with Gasteiger partial charge in [0.15, 0.2) is 0 Å². The summed E-state index contributed by atoms with van der Waals surface area (Å²) < 4.78 is 0. The van der Waals surface area contributed by atoms with Gasteiger partial charge in [-0.05, 0) is 63.1 Å². The topological polar surface area (TPSA) is 73.4 Å². The standard InChI is InChI=1S/C25H30N6O/c1-17-5-7-21(8-6-17)28-23-16-24(27-20(4)26-23)30-9-11-31(12-10-30)25(32)29-22-14-18(2)13-19(3)15-22/h5-8,13-16H,9-12H2,1-4H3,(H,29,32)(H,26,27,28). The monoisotopic (exact) mass is 430 g/mol. The molecule has 1 aromatic heterocycles. The van der Waals surface area contributed by atoms with E-state index in [1.807, 2.05) is 56.0 Å². The van der Waals surface area contributed by atoms with E-state index >= 15 is 0 Å². The Kier molecular flexibility index (Phi) is 6.25. The van der Waals surface area contributed by atoms with Crippen LogP contribution in [0, 0.1) is 27.7 Å². The lowest BCUT2D eigenvalue weighted by Crippen LogP contribution is -2.50. The SMILES string of the molecule is Cc1ccc(Nc2cc(N3CCN(C(=O)Nc4cc(C)cc(C)c4)CC3)nc(C)n2)cc1. The van der Waals surface area contributed by atoms with Crippen molar-refractivity contribution in [3.8, 4) is 0 Å². The van der Waals surface area contributed by atoms with Crippen molar-refractivity contribution >= 4 is 29.0 Å². The van der Waals surface area contributed by atoms with Crippen molar-refractivity contribution in [3.63, 3.8) is 0 Å². The molecule has 0 aliphatic carbocycles. The number of nitrogens with zero attached hydrogens (tertiary/aromatic N) is 4. The molecule has 1 fully saturated rings. The molecule has 0 radical (unpaired) electrons. The average Bonchev–Trinajstić information content (AvgIpc) is 2.74. The van der Waals surface area contributed by atoms with Gasteiger partial charge in [0.2, 0.25) is 0 Å². The third-order valence-corrected chi connectivity index (χ3v) is 5.51. The number of aromatic nitrogens is 2. The summed E-state index contributed by atoms with van der Waals surface area (Å²) in [6.45, 7) is 10.8. The molecule has 32 heavy (non-hydrogen) atoms. The number of nitrogens with one attached hydrogen (secondary N) is 2. The lowest BCUT2D eigenvalue weighted by Gasteiger charge is -2.35. The molecule has 7 heteroatoms. The van der Waals surface area contributed by atoms with E-state index < -0.39 is 0 Å². The number of anilines is 4. The van der Waals surface area contributed by atoms with E-state index in [1.165, 1.54) is 5.56 Å². The highest BCUT2D eigenvalue weighted by Gasteiger charge is 2.22. The molecule has 0 spiro atoms. The second kappa shape index (κ2) is 9.26. The van der Waals surface area contributed by atoms with Crippen LogP contribution in [0.5, 0.6) is 0 Å². The van der Waals surface area contributed by atoms with Gasteiger partial charge in [-0.1, -0.05) is 23.8 Å². The maximum absolute atomic E-state index is 12.7. The predicted molar refractivity (Wildman–Crippen MR) is 130 cm³/mol. The van der Waals surface area contributed by atoms with Crippen LogP contribution in [0.15, 0.2) is 48.5 Å². The third-order valence-electron chi connectivity index (χ3n) is 5.51. The van der Waals surface area contributed by atoms with Gasteiger partial charge in [-0.3, -0.25) is 0 Å². The highest BCUT2D eigenvalue weighted by molar-refractivity contribution is 5.89. The van der Waals surface area contributed by atoms with E-state index in [9.17, 15) is 4.79 Å². The third kappa shape index (κ3) is 5.35. The Bertz CT molecular complexity index is 1080. The Morgan fingerprint density at radius 2 is 1.44 bits per heavy atom. The molecule has 0 bridgehead atoms. The van der Waals surface area contributed by atoms with Crippen molar-refractivity contribution in [2.45, 2.75) is 27.7 Å². The van der Waals surface area contributed by atoms with Gasteiger partial charge in [0, 0.05) is 43.6 Å². The van der Waals surface area contributed by atoms with Crippen LogP contribution in [0.4, 0.5) is 27.8 Å². The van der Waals surface area contributed by atoms with E-state index in [1.54, 1.807) is 0 Å². The maximum atomic E-state index is 12.7. The number of aryl methyl sites for hydroxylation is 4. The number of hydrogen-bond donors (Lipinski definition) is 2. The van der Waals surface area contributed by atoms with Crippen LogP contribution in [-0.4, -0.2) is 47.1 Å². The fourth-order valence-electron chi connectivity index (χ4n) is 3.95. The summed E-state index contributed by atoms with van der Waals surface area (Å²) in [5.41, 5.74) is 5.33. The minimum Gasteiger partial charge on any atom is -0.353 e. The molecular weight excluding hydrogens is 400 g/mol. The molecule has 166 valence electrons. The van der Waals surface area contributed by atoms with Gasteiger partial charge in [-0.25, -0.2) is 14.8 Å². The number of carbonyl (C=O) groups excluding carboxylic acids is 1. The summed E-state index contributed by atoms with van der Waals surface area (Å²) in [4.78, 5) is 25.9. The summed E-state index contributed by atoms with van der Waals surface area (Å²) in [7, 11) is 0. The number of piperazine rings is 1. The fraction of sp³-hybridized carbons (Fsp3) is 0.320. The molecule has 1 aliphatic heterocycles. The summed E-state index contributed by atoms with van der Waals surface area (Å²) in [5.74, 6) is 2.36. The smallest absolute Gasteiger partial charge is 0.321 e. The first-order valence-electron chi connectivity index (χ1n) is 10.9. The highest BCUT2D eigenvalue weighted by Crippen LogP contribution is 2.22. The van der Waals surface area contributed by atoms with Crippen molar-refractivity contribution in [3.05, 3.63) is 71.0 Å². The molecule has 2 aromatic carbocycles. The molecular formula is C25H30N6O. The van der Waals surface area contributed by atoms with E-state index in [2.05, 4.69) is 50.6 Å². The largest absolute Gasteiger partial charge is 0.353 e. The summed E-state index contributed by atoms with van der Waals surface area (Å²) in [5, 5.41) is 6.39. The van der Waals surface area contributed by atoms with Gasteiger partial charge < -0.3 is 20.4 Å². The molecule has 3 aromatic rings. The molecule has 7 nitrogen and oxygen atoms in total. The normalized spacial score (nSPS) is 13.8. The summed E-state index contributed by atoms with van der Waals surface area (Å²) in [6.07, 6.45) is 0. The number of amides is 2. The minimum atomic E-state index is -0.0600. The Morgan fingerprint density at radius 3 is 2.09 bits per heavy atom. The molecule has 4 rings (SSSR count). The van der Waals surface area contributed by atoms with Gasteiger partial charge in [-0.2, -0.15) is 0 Å². The lowest BCUT2D eigenvalue weighted by atomic mass is 10.1. The minimum absolute atomic E-state index is 0.0600. The first-order chi connectivity index (χ1) is 15.4. The zero-order valence-corrected chi connectivity index (χ0v) is 19.1. The molecule has 1 saturated heterocycles. The fourth-order valence-corrected chi connectivity index (χ4v) is 3.95. The lowest BCUT2D eigenvalue weighted by molar-refractivity contribution is 0.208. The first kappa shape index (κ1) is 21.6. The second-order valence-corrected chi connectivity index (χ2v) is 8.43. The number of urea groups is 1. The van der Waals surface area contributed by atoms with Gasteiger partial charge in [-0.15, -0.1) is 0 Å². The van der Waals surface area contributed by atoms with Gasteiger partial charge in [0.1, 0.15) is 17.5 Å². The Hall–Kier alpha value is -3.61. The van der Waals surface area contributed by atoms with Gasteiger partial charge >= 0.3 is 6.03 Å². The van der Waals surface area contributed by atoms with E-state index in [0.29, 0.717) is 18.9 Å². The Labute approximate surface area is 189 Å². The first-order valence-corrected chi connectivity index (χ1v) is 10.9. The van der Waals surface area contributed by atoms with Crippen LogP contribution in [0.25, 0.3) is 0 Å². The number of rotatable bonds is 4. The van der Waals surface area contributed by atoms with Crippen LogP contribution in [0.2, 0.25) is 0 Å². The number of benzene rings is 2. The zero-order valence-electron chi connectivity index (χ0n) is 19.1. The van der Waals surface area contributed by atoms with Gasteiger partial charge in [0.05, 0.1) is 0 Å². The van der Waals surface area contributed by atoms with Crippen molar-refractivity contribution in [1.29, 1.82) is 0 Å². The van der Waals surface area contributed by atoms with Crippen LogP contribution in [0.1, 0.15) is 22.5 Å². The summed E-state index contributed by atoms with van der Waals surface area (Å²) in [6, 6.07) is 16.2. The van der Waals surface area contributed by atoms with E-state index in [-0.39, 0.29) is 6.03 Å². The highest BCUT2D eigenvalue weighted by atomic mass is 16.2. The maximum Gasteiger partial charge on any atom is 0.321 e. The number of hydrogen-bond acceptors (Lipinski definition) is 5. The summed E-state index contributed by atoms with van der Waals surface area (Å²) >= 11 is 0. The molecule has 0 unspecified atom stereocenters. The Morgan fingerprint density at radius 1 is 0.781 bits per heavy atom. The average molecular weight is 431 g/mol. The van der Waals surface area contributed by atoms with Crippen molar-refractivity contribution in [2.75, 3.05) is 41.7 Å². The molecule has 1 aliphatic rings. The molecule has 2 N–H and O–H groups in total. The Balaban J connectivity index is 1.38. The molecule has 0 atom stereocenters. The quantitative estimate of drug-likeness (QED) is 0.622. The van der Waals surface area contributed by atoms with E-state index in [0.717, 1.165) is 47.2 Å². The van der Waals surface area contributed by atoms with Crippen molar-refractivity contribution in [2.24, 2.45) is 0 Å². The van der Waals surface area contributed by atoms with Crippen molar-refractivity contribution in [1.82, 2.24) is 14.9 Å². The second-order valence-electron chi connectivity index (χ2n) is 8.43. The van der Waals surface area contributed by atoms with Crippen LogP contribution in [-0.2, 0) is 0 Å². The van der Waals surface area contributed by atoms with E-state index in [4.69, 9.17) is 0 Å². The zero-order chi connectivity index (χ0) is 22.7. The van der Waals surface area contributed by atoms with Crippen LogP contribution < -0.4 is 15.5 Å².